The molecule has 0 radical (unpaired) electrons. The Balaban J connectivity index is 2.32. The van der Waals surface area contributed by atoms with Crippen LogP contribution in [0.2, 0.25) is 0 Å². The highest BCUT2D eigenvalue weighted by molar-refractivity contribution is 5.90. The Morgan fingerprint density at radius 1 is 1.35 bits per heavy atom. The molecular formula is C13H18N2O2. The number of nitrogens with zero attached hydrogens (tertiary/aromatic N) is 1. The first-order valence-corrected chi connectivity index (χ1v) is 5.87. The van der Waals surface area contributed by atoms with Crippen molar-refractivity contribution in [2.75, 3.05) is 23.7 Å². The lowest BCUT2D eigenvalue weighted by atomic mass is 10.0. The zero-order valence-corrected chi connectivity index (χ0v) is 10.2. The molecule has 0 saturated carbocycles. The summed E-state index contributed by atoms with van der Waals surface area (Å²) in [5.74, 6) is 0.317. The van der Waals surface area contributed by atoms with Crippen molar-refractivity contribution < 1.29 is 9.90 Å². The minimum absolute atomic E-state index is 0.293. The number of nitrogens with two attached hydrogens (primary N) is 1. The molecule has 0 aromatic heterocycles. The van der Waals surface area contributed by atoms with Crippen molar-refractivity contribution in [2.45, 2.75) is 13.8 Å². The summed E-state index contributed by atoms with van der Waals surface area (Å²) in [6.45, 7) is 6.30. The minimum Gasteiger partial charge on any atom is -0.478 e. The van der Waals surface area contributed by atoms with Gasteiger partial charge in [-0.1, -0.05) is 13.8 Å². The van der Waals surface area contributed by atoms with Gasteiger partial charge in [-0.3, -0.25) is 0 Å². The van der Waals surface area contributed by atoms with Crippen LogP contribution in [0.15, 0.2) is 18.2 Å². The maximum atomic E-state index is 10.9. The predicted octanol–water partition coefficient (Wildman–Crippen LogP) is 2.06. The molecule has 2 rings (SSSR count). The first-order valence-electron chi connectivity index (χ1n) is 5.87. The van der Waals surface area contributed by atoms with E-state index in [0.29, 0.717) is 23.1 Å². The first-order chi connectivity index (χ1) is 7.99. The van der Waals surface area contributed by atoms with Crippen molar-refractivity contribution in [1.82, 2.24) is 0 Å². The molecule has 4 heteroatoms. The van der Waals surface area contributed by atoms with Gasteiger partial charge in [0.1, 0.15) is 0 Å². The standard InChI is InChI=1S/C13H18N2O2/c1-8-6-15(7-9(8)2)12-5-10(13(16)17)3-4-11(12)14/h3-5,8-9H,6-7,14H2,1-2H3,(H,16,17). The number of hydrogen-bond acceptors (Lipinski definition) is 3. The molecule has 0 amide bonds. The zero-order valence-electron chi connectivity index (χ0n) is 10.2. The number of nitrogen functional groups attached to an aromatic ring is 1. The van der Waals surface area contributed by atoms with Crippen molar-refractivity contribution in [3.8, 4) is 0 Å². The molecular weight excluding hydrogens is 216 g/mol. The fourth-order valence-electron chi connectivity index (χ4n) is 2.28. The Morgan fingerprint density at radius 3 is 2.47 bits per heavy atom. The molecule has 3 N–H and O–H groups in total. The normalized spacial score (nSPS) is 24.0. The summed E-state index contributed by atoms with van der Waals surface area (Å²) >= 11 is 0. The van der Waals surface area contributed by atoms with Crippen LogP contribution < -0.4 is 10.6 Å². The van der Waals surface area contributed by atoms with Crippen molar-refractivity contribution in [1.29, 1.82) is 0 Å². The Kier molecular flexibility index (Phi) is 2.96. The number of hydrogen-bond donors (Lipinski definition) is 2. The van der Waals surface area contributed by atoms with Crippen LogP contribution in [-0.2, 0) is 0 Å². The molecule has 2 unspecified atom stereocenters. The summed E-state index contributed by atoms with van der Waals surface area (Å²) in [7, 11) is 0. The number of carboxylic acid groups (broad SMARTS) is 1. The van der Waals surface area contributed by atoms with Gasteiger partial charge in [0.2, 0.25) is 0 Å². The van der Waals surface area contributed by atoms with Gasteiger partial charge in [-0.15, -0.1) is 0 Å². The lowest BCUT2D eigenvalue weighted by Gasteiger charge is -2.20. The summed E-state index contributed by atoms with van der Waals surface area (Å²) in [5.41, 5.74) is 7.72. The Hall–Kier alpha value is -1.71. The van der Waals surface area contributed by atoms with Crippen molar-refractivity contribution in [3.63, 3.8) is 0 Å². The van der Waals surface area contributed by atoms with Crippen molar-refractivity contribution in [2.24, 2.45) is 11.8 Å². The van der Waals surface area contributed by atoms with Crippen LogP contribution in [0.3, 0.4) is 0 Å². The van der Waals surface area contributed by atoms with Crippen LogP contribution in [0.4, 0.5) is 11.4 Å². The van der Waals surface area contributed by atoms with E-state index in [-0.39, 0.29) is 0 Å². The van der Waals surface area contributed by atoms with Crippen LogP contribution in [-0.4, -0.2) is 24.2 Å². The molecule has 1 aliphatic rings. The topological polar surface area (TPSA) is 66.6 Å². The molecule has 2 atom stereocenters. The highest BCUT2D eigenvalue weighted by atomic mass is 16.4. The second-order valence-corrected chi connectivity index (χ2v) is 4.94. The SMILES string of the molecule is CC1CN(c2cc(C(=O)O)ccc2N)CC1C. The Bertz CT molecular complexity index is 435. The van der Waals surface area contributed by atoms with Gasteiger partial charge in [0.05, 0.1) is 16.9 Å². The minimum atomic E-state index is -0.911. The summed E-state index contributed by atoms with van der Waals surface area (Å²) in [4.78, 5) is 13.1. The summed E-state index contributed by atoms with van der Waals surface area (Å²) in [5, 5.41) is 8.99. The van der Waals surface area contributed by atoms with E-state index in [2.05, 4.69) is 18.7 Å². The molecule has 4 nitrogen and oxygen atoms in total. The second kappa shape index (κ2) is 4.28. The molecule has 17 heavy (non-hydrogen) atoms. The maximum Gasteiger partial charge on any atom is 0.335 e. The van der Waals surface area contributed by atoms with E-state index >= 15 is 0 Å². The van der Waals surface area contributed by atoms with E-state index in [0.717, 1.165) is 18.8 Å². The average Bonchev–Trinajstić information content (AvgIpc) is 2.59. The third kappa shape index (κ3) is 2.20. The predicted molar refractivity (Wildman–Crippen MR) is 68.4 cm³/mol. The fraction of sp³-hybridized carbons (Fsp3) is 0.462. The zero-order chi connectivity index (χ0) is 12.6. The smallest absolute Gasteiger partial charge is 0.335 e. The molecule has 1 heterocycles. The van der Waals surface area contributed by atoms with Crippen LogP contribution in [0.1, 0.15) is 24.2 Å². The van der Waals surface area contributed by atoms with Gasteiger partial charge in [0.25, 0.3) is 0 Å². The monoisotopic (exact) mass is 234 g/mol. The summed E-state index contributed by atoms with van der Waals surface area (Å²) < 4.78 is 0. The number of rotatable bonds is 2. The summed E-state index contributed by atoms with van der Waals surface area (Å²) in [6, 6.07) is 4.89. The van der Waals surface area contributed by atoms with Gasteiger partial charge < -0.3 is 15.7 Å². The molecule has 1 aliphatic heterocycles. The first kappa shape index (κ1) is 11.8. The van der Waals surface area contributed by atoms with Gasteiger partial charge in [0, 0.05) is 13.1 Å². The average molecular weight is 234 g/mol. The lowest BCUT2D eigenvalue weighted by Crippen LogP contribution is -2.21. The number of anilines is 2. The number of benzene rings is 1. The van der Waals surface area contributed by atoms with Crippen molar-refractivity contribution in [3.05, 3.63) is 23.8 Å². The highest BCUT2D eigenvalue weighted by Crippen LogP contribution is 2.32. The van der Waals surface area contributed by atoms with Gasteiger partial charge in [0.15, 0.2) is 0 Å². The van der Waals surface area contributed by atoms with E-state index < -0.39 is 5.97 Å². The van der Waals surface area contributed by atoms with Gasteiger partial charge in [-0.05, 0) is 30.0 Å². The summed E-state index contributed by atoms with van der Waals surface area (Å²) in [6.07, 6.45) is 0. The van der Waals surface area contributed by atoms with E-state index in [4.69, 9.17) is 10.8 Å². The van der Waals surface area contributed by atoms with E-state index in [1.807, 2.05) is 0 Å². The molecule has 0 aliphatic carbocycles. The largest absolute Gasteiger partial charge is 0.478 e. The van der Waals surface area contributed by atoms with Crippen LogP contribution >= 0.6 is 0 Å². The van der Waals surface area contributed by atoms with Gasteiger partial charge in [-0.25, -0.2) is 4.79 Å². The number of aromatic carboxylic acids is 1. The Morgan fingerprint density at radius 2 is 1.94 bits per heavy atom. The Labute approximate surface area is 101 Å². The highest BCUT2D eigenvalue weighted by Gasteiger charge is 2.27. The van der Waals surface area contributed by atoms with Crippen molar-refractivity contribution >= 4 is 17.3 Å². The van der Waals surface area contributed by atoms with E-state index in [1.165, 1.54) is 0 Å². The lowest BCUT2D eigenvalue weighted by molar-refractivity contribution is 0.0697. The number of carbonyl (C=O) groups is 1. The van der Waals surface area contributed by atoms with Gasteiger partial charge >= 0.3 is 5.97 Å². The fourth-order valence-corrected chi connectivity index (χ4v) is 2.28. The molecule has 92 valence electrons. The molecule has 0 spiro atoms. The maximum absolute atomic E-state index is 10.9. The van der Waals surface area contributed by atoms with Crippen LogP contribution in [0, 0.1) is 11.8 Å². The van der Waals surface area contributed by atoms with Crippen LogP contribution in [0.5, 0.6) is 0 Å². The molecule has 1 aromatic carbocycles. The quantitative estimate of drug-likeness (QED) is 0.769. The van der Waals surface area contributed by atoms with Gasteiger partial charge in [-0.2, -0.15) is 0 Å². The molecule has 1 fully saturated rings. The van der Waals surface area contributed by atoms with Crippen LogP contribution in [0.25, 0.3) is 0 Å². The third-order valence-corrected chi connectivity index (χ3v) is 3.61. The second-order valence-electron chi connectivity index (χ2n) is 4.94. The number of carboxylic acids is 1. The molecule has 0 bridgehead atoms. The third-order valence-electron chi connectivity index (χ3n) is 3.61. The van der Waals surface area contributed by atoms with E-state index in [9.17, 15) is 4.79 Å². The molecule has 1 aromatic rings. The molecule has 1 saturated heterocycles. The van der Waals surface area contributed by atoms with E-state index in [1.54, 1.807) is 18.2 Å².